The molecule has 0 aliphatic heterocycles. The zero-order valence-corrected chi connectivity index (χ0v) is 30.4. The topological polar surface area (TPSA) is 35.6 Å². The number of fused-ring (bicyclic) bond motifs is 6. The van der Waals surface area contributed by atoms with Crippen molar-refractivity contribution in [3.8, 4) is 56.1 Å². The van der Waals surface area contributed by atoms with Crippen molar-refractivity contribution in [3.63, 3.8) is 0 Å². The molecule has 0 radical (unpaired) electrons. The normalized spacial score (nSPS) is 11.6. The van der Waals surface area contributed by atoms with Gasteiger partial charge in [-0.1, -0.05) is 121 Å². The van der Waals surface area contributed by atoms with Crippen molar-refractivity contribution < 1.29 is 0 Å². The van der Waals surface area contributed by atoms with Crippen LogP contribution >= 0.6 is 0 Å². The number of aromatic nitrogens is 4. The van der Waals surface area contributed by atoms with Gasteiger partial charge in [0.15, 0.2) is 0 Å². The highest BCUT2D eigenvalue weighted by Gasteiger charge is 2.17. The van der Waals surface area contributed by atoms with Gasteiger partial charge < -0.3 is 9.13 Å². The van der Waals surface area contributed by atoms with Crippen LogP contribution in [0.5, 0.6) is 0 Å². The Kier molecular flexibility index (Phi) is 7.46. The van der Waals surface area contributed by atoms with Crippen LogP contribution in [-0.2, 0) is 0 Å². The predicted molar refractivity (Wildman–Crippen MR) is 232 cm³/mol. The van der Waals surface area contributed by atoms with E-state index in [1.807, 2.05) is 18.3 Å². The minimum absolute atomic E-state index is 0.947. The molecular formula is C52H34N4. The van der Waals surface area contributed by atoms with Crippen LogP contribution in [0.1, 0.15) is 0 Å². The zero-order chi connectivity index (χ0) is 37.0. The summed E-state index contributed by atoms with van der Waals surface area (Å²) in [5.41, 5.74) is 16.6. The van der Waals surface area contributed by atoms with Crippen molar-refractivity contribution in [1.82, 2.24) is 19.1 Å². The quantitative estimate of drug-likeness (QED) is 0.172. The lowest BCUT2D eigenvalue weighted by atomic mass is 10.00. The molecule has 11 rings (SSSR count). The number of hydrogen-bond acceptors (Lipinski definition) is 2. The Morgan fingerprint density at radius 3 is 1.62 bits per heavy atom. The summed E-state index contributed by atoms with van der Waals surface area (Å²) < 4.78 is 4.70. The van der Waals surface area contributed by atoms with Crippen molar-refractivity contribution in [3.05, 3.63) is 206 Å². The Morgan fingerprint density at radius 2 is 0.857 bits per heavy atom. The van der Waals surface area contributed by atoms with E-state index in [0.717, 1.165) is 61.4 Å². The minimum atomic E-state index is 0.947. The minimum Gasteiger partial charge on any atom is -0.309 e. The number of nitrogens with zero attached hydrogens (tertiary/aromatic N) is 4. The lowest BCUT2D eigenvalue weighted by Gasteiger charge is -2.12. The molecule has 0 aliphatic carbocycles. The van der Waals surface area contributed by atoms with Gasteiger partial charge >= 0.3 is 0 Å². The van der Waals surface area contributed by atoms with Crippen molar-refractivity contribution in [1.29, 1.82) is 0 Å². The maximum atomic E-state index is 5.17. The zero-order valence-electron chi connectivity index (χ0n) is 30.4. The van der Waals surface area contributed by atoms with E-state index in [-0.39, 0.29) is 0 Å². The molecule has 0 saturated carbocycles. The molecule has 0 amide bonds. The summed E-state index contributed by atoms with van der Waals surface area (Å²) in [6.07, 6.45) is 1.88. The lowest BCUT2D eigenvalue weighted by molar-refractivity contribution is 1.17. The Balaban J connectivity index is 1.02. The molecule has 4 aromatic heterocycles. The third-order valence-corrected chi connectivity index (χ3v) is 11.0. The molecular weight excluding hydrogens is 681 g/mol. The SMILES string of the molecule is c1ccc(-c2cc(-c3ccccc3)nc(-c3ccc(-n4c5ccccc5c5cc(-c6ccc7c8ncccc8n(-c8ccccc8)c7c6)ccc54)cc3)c2)cc1. The second-order valence-electron chi connectivity index (χ2n) is 14.3. The van der Waals surface area contributed by atoms with E-state index in [0.29, 0.717) is 0 Å². The van der Waals surface area contributed by atoms with Crippen LogP contribution in [0.2, 0.25) is 0 Å². The van der Waals surface area contributed by atoms with Gasteiger partial charge in [0.2, 0.25) is 0 Å². The Hall–Kier alpha value is -7.56. The van der Waals surface area contributed by atoms with Crippen LogP contribution in [0, 0.1) is 0 Å². The van der Waals surface area contributed by atoms with E-state index in [4.69, 9.17) is 9.97 Å². The molecule has 0 saturated heterocycles. The highest BCUT2D eigenvalue weighted by molar-refractivity contribution is 6.11. The summed E-state index contributed by atoms with van der Waals surface area (Å²) >= 11 is 0. The van der Waals surface area contributed by atoms with Crippen LogP contribution in [0.4, 0.5) is 0 Å². The molecule has 0 spiro atoms. The molecule has 262 valence electrons. The third kappa shape index (κ3) is 5.31. The van der Waals surface area contributed by atoms with Crippen LogP contribution < -0.4 is 0 Å². The Morgan fingerprint density at radius 1 is 0.304 bits per heavy atom. The second-order valence-corrected chi connectivity index (χ2v) is 14.3. The first kappa shape index (κ1) is 31.9. The maximum Gasteiger partial charge on any atom is 0.0963 e. The summed E-state index contributed by atoms with van der Waals surface area (Å²) in [5, 5.41) is 3.59. The first-order valence-corrected chi connectivity index (χ1v) is 19.0. The monoisotopic (exact) mass is 714 g/mol. The van der Waals surface area contributed by atoms with Gasteiger partial charge in [-0.3, -0.25) is 4.98 Å². The standard InChI is InChI=1S/C52H34N4/c1-4-13-35(14-5-1)40-32-46(36-15-6-2-7-16-36)54-47(33-40)37-22-26-42(27-23-37)55-48-20-11-10-19-43(48)45-31-38(25-29-49(45)55)39-24-28-44-51(34-39)56(41-17-8-3-9-18-41)50-21-12-30-53-52(44)50/h1-34H. The Bertz CT molecular complexity index is 3160. The second kappa shape index (κ2) is 13.1. The van der Waals surface area contributed by atoms with E-state index < -0.39 is 0 Å². The van der Waals surface area contributed by atoms with E-state index in [1.165, 1.54) is 38.5 Å². The van der Waals surface area contributed by atoms with Crippen LogP contribution in [0.3, 0.4) is 0 Å². The Labute approximate surface area is 324 Å². The lowest BCUT2D eigenvalue weighted by Crippen LogP contribution is -1.95. The molecule has 0 N–H and O–H groups in total. The average Bonchev–Trinajstić information content (AvgIpc) is 3.79. The maximum absolute atomic E-state index is 5.17. The molecule has 4 heteroatoms. The van der Waals surface area contributed by atoms with E-state index in [9.17, 15) is 0 Å². The number of benzene rings is 7. The molecule has 0 aliphatic rings. The fraction of sp³-hybridized carbons (Fsp3) is 0. The molecule has 11 aromatic rings. The van der Waals surface area contributed by atoms with Crippen molar-refractivity contribution in [2.45, 2.75) is 0 Å². The largest absolute Gasteiger partial charge is 0.309 e. The summed E-state index contributed by atoms with van der Waals surface area (Å²) in [7, 11) is 0. The average molecular weight is 715 g/mol. The molecule has 0 unspecified atom stereocenters. The molecule has 7 aromatic carbocycles. The molecule has 0 bridgehead atoms. The molecule has 56 heavy (non-hydrogen) atoms. The summed E-state index contributed by atoms with van der Waals surface area (Å²) in [4.78, 5) is 9.96. The fourth-order valence-electron chi connectivity index (χ4n) is 8.31. The molecule has 4 nitrogen and oxygen atoms in total. The summed E-state index contributed by atoms with van der Waals surface area (Å²) in [6, 6.07) is 71.3. The van der Waals surface area contributed by atoms with Crippen molar-refractivity contribution in [2.75, 3.05) is 0 Å². The van der Waals surface area contributed by atoms with Gasteiger partial charge in [-0.25, -0.2) is 4.98 Å². The first-order valence-electron chi connectivity index (χ1n) is 19.0. The van der Waals surface area contributed by atoms with Gasteiger partial charge in [-0.15, -0.1) is 0 Å². The van der Waals surface area contributed by atoms with Gasteiger partial charge in [-0.05, 0) is 101 Å². The van der Waals surface area contributed by atoms with Gasteiger partial charge in [0.25, 0.3) is 0 Å². The number of hydrogen-bond donors (Lipinski definition) is 0. The number of para-hydroxylation sites is 2. The van der Waals surface area contributed by atoms with E-state index in [2.05, 4.69) is 197 Å². The van der Waals surface area contributed by atoms with Crippen molar-refractivity contribution in [2.24, 2.45) is 0 Å². The van der Waals surface area contributed by atoms with E-state index >= 15 is 0 Å². The summed E-state index contributed by atoms with van der Waals surface area (Å²) in [5.74, 6) is 0. The third-order valence-electron chi connectivity index (χ3n) is 11.0. The van der Waals surface area contributed by atoms with Crippen LogP contribution in [0.15, 0.2) is 206 Å². The fourth-order valence-corrected chi connectivity index (χ4v) is 8.31. The summed E-state index contributed by atoms with van der Waals surface area (Å²) in [6.45, 7) is 0. The van der Waals surface area contributed by atoms with Gasteiger partial charge in [0.1, 0.15) is 0 Å². The van der Waals surface area contributed by atoms with Gasteiger partial charge in [0, 0.05) is 44.9 Å². The highest BCUT2D eigenvalue weighted by atomic mass is 15.0. The highest BCUT2D eigenvalue weighted by Crippen LogP contribution is 2.38. The predicted octanol–water partition coefficient (Wildman–Crippen LogP) is 13.3. The van der Waals surface area contributed by atoms with E-state index in [1.54, 1.807) is 0 Å². The van der Waals surface area contributed by atoms with Crippen LogP contribution in [0.25, 0.3) is 99.9 Å². The first-order chi connectivity index (χ1) is 27.8. The molecule has 0 atom stereocenters. The van der Waals surface area contributed by atoms with Crippen LogP contribution in [-0.4, -0.2) is 19.1 Å². The molecule has 4 heterocycles. The van der Waals surface area contributed by atoms with Gasteiger partial charge in [0.05, 0.1) is 39.0 Å². The number of pyridine rings is 2. The smallest absolute Gasteiger partial charge is 0.0963 e. The van der Waals surface area contributed by atoms with Crippen molar-refractivity contribution >= 4 is 43.7 Å². The molecule has 0 fully saturated rings. The number of rotatable bonds is 6. The van der Waals surface area contributed by atoms with Gasteiger partial charge in [-0.2, -0.15) is 0 Å².